The summed E-state index contributed by atoms with van der Waals surface area (Å²) in [6.45, 7) is 0. The molecule has 7 heteroatoms. The molecule has 0 aliphatic carbocycles. The predicted molar refractivity (Wildman–Crippen MR) is 92.9 cm³/mol. The van der Waals surface area contributed by atoms with Gasteiger partial charge >= 0.3 is 0 Å². The molecule has 3 aromatic rings. The first-order valence-electron chi connectivity index (χ1n) is 7.04. The van der Waals surface area contributed by atoms with E-state index in [-0.39, 0.29) is 11.3 Å². The first kappa shape index (κ1) is 15.9. The van der Waals surface area contributed by atoms with Crippen LogP contribution >= 0.6 is 11.3 Å². The molecule has 0 aliphatic rings. The second-order valence-electron chi connectivity index (χ2n) is 4.93. The predicted octanol–water partition coefficient (Wildman–Crippen LogP) is 3.79. The van der Waals surface area contributed by atoms with Gasteiger partial charge < -0.3 is 10.5 Å². The molecule has 0 spiro atoms. The van der Waals surface area contributed by atoms with Crippen molar-refractivity contribution in [3.05, 3.63) is 59.2 Å². The normalized spacial score (nSPS) is 10.4. The molecular formula is C17H14FN3O2S. The molecule has 0 aliphatic heterocycles. The molecule has 2 aromatic carbocycles. The van der Waals surface area contributed by atoms with Gasteiger partial charge in [-0.05, 0) is 24.3 Å². The fourth-order valence-corrected chi connectivity index (χ4v) is 2.86. The molecule has 0 saturated carbocycles. The lowest BCUT2D eigenvalue weighted by Gasteiger charge is -2.05. The Morgan fingerprint density at radius 2 is 2.08 bits per heavy atom. The van der Waals surface area contributed by atoms with Gasteiger partial charge in [0.25, 0.3) is 5.91 Å². The highest BCUT2D eigenvalue weighted by atomic mass is 32.1. The van der Waals surface area contributed by atoms with Gasteiger partial charge in [0.15, 0.2) is 5.13 Å². The largest absolute Gasteiger partial charge is 0.497 e. The van der Waals surface area contributed by atoms with Gasteiger partial charge in [-0.25, -0.2) is 9.37 Å². The highest BCUT2D eigenvalue weighted by Gasteiger charge is 2.14. The lowest BCUT2D eigenvalue weighted by Crippen LogP contribution is -2.14. The molecule has 3 rings (SSSR count). The van der Waals surface area contributed by atoms with Crippen LogP contribution in [0.3, 0.4) is 0 Å². The van der Waals surface area contributed by atoms with Crippen LogP contribution in [0.15, 0.2) is 47.8 Å². The summed E-state index contributed by atoms with van der Waals surface area (Å²) < 4.78 is 18.6. The van der Waals surface area contributed by atoms with Crippen molar-refractivity contribution in [3.8, 4) is 17.0 Å². The molecule has 0 unspecified atom stereocenters. The van der Waals surface area contributed by atoms with E-state index in [1.54, 1.807) is 7.11 Å². The molecule has 1 aromatic heterocycles. The maximum atomic E-state index is 13.4. The summed E-state index contributed by atoms with van der Waals surface area (Å²) in [5, 5.41) is 4.86. The van der Waals surface area contributed by atoms with Crippen molar-refractivity contribution in [3.63, 3.8) is 0 Å². The number of nitrogens with two attached hydrogens (primary N) is 1. The summed E-state index contributed by atoms with van der Waals surface area (Å²) in [7, 11) is 1.59. The Labute approximate surface area is 141 Å². The minimum atomic E-state index is -0.626. The number of nitrogens with one attached hydrogen (secondary N) is 1. The molecule has 0 fully saturated rings. The molecule has 1 amide bonds. The van der Waals surface area contributed by atoms with Gasteiger partial charge in [0.05, 0.1) is 24.1 Å². The highest BCUT2D eigenvalue weighted by molar-refractivity contribution is 7.14. The van der Waals surface area contributed by atoms with Crippen LogP contribution in [0.5, 0.6) is 5.75 Å². The van der Waals surface area contributed by atoms with Crippen LogP contribution in [0.2, 0.25) is 0 Å². The third-order valence-corrected chi connectivity index (χ3v) is 4.15. The lowest BCUT2D eigenvalue weighted by atomic mass is 10.1. The third kappa shape index (κ3) is 3.21. The number of rotatable bonds is 4. The number of carbonyl (C=O) groups is 1. The molecule has 24 heavy (non-hydrogen) atoms. The molecule has 1 heterocycles. The maximum absolute atomic E-state index is 13.4. The number of thiazole rings is 1. The van der Waals surface area contributed by atoms with E-state index in [2.05, 4.69) is 10.3 Å². The van der Waals surface area contributed by atoms with Crippen LogP contribution in [0.25, 0.3) is 11.3 Å². The Morgan fingerprint density at radius 1 is 1.29 bits per heavy atom. The summed E-state index contributed by atoms with van der Waals surface area (Å²) in [5.41, 5.74) is 7.08. The second-order valence-corrected chi connectivity index (χ2v) is 5.78. The number of nitrogens with zero attached hydrogens (tertiary/aromatic N) is 1. The zero-order chi connectivity index (χ0) is 17.1. The van der Waals surface area contributed by atoms with E-state index in [9.17, 15) is 9.18 Å². The quantitative estimate of drug-likeness (QED) is 0.707. The lowest BCUT2D eigenvalue weighted by molar-refractivity contribution is 0.102. The summed E-state index contributed by atoms with van der Waals surface area (Å²) in [4.78, 5) is 16.6. The Kier molecular flexibility index (Phi) is 4.43. The smallest absolute Gasteiger partial charge is 0.259 e. The first-order valence-corrected chi connectivity index (χ1v) is 7.91. The Hall–Kier alpha value is -2.93. The number of benzene rings is 2. The van der Waals surface area contributed by atoms with Crippen molar-refractivity contribution < 1.29 is 13.9 Å². The van der Waals surface area contributed by atoms with Gasteiger partial charge in [-0.2, -0.15) is 0 Å². The number of halogens is 1. The second kappa shape index (κ2) is 6.67. The molecule has 122 valence electrons. The summed E-state index contributed by atoms with van der Waals surface area (Å²) >= 11 is 1.27. The zero-order valence-corrected chi connectivity index (χ0v) is 13.6. The minimum absolute atomic E-state index is 0.0770. The number of methoxy groups -OCH3 is 1. The van der Waals surface area contributed by atoms with Gasteiger partial charge in [0.2, 0.25) is 0 Å². The molecular weight excluding hydrogens is 329 g/mol. The molecule has 0 radical (unpaired) electrons. The van der Waals surface area contributed by atoms with Crippen LogP contribution in [0.1, 0.15) is 10.4 Å². The number of anilines is 2. The number of aromatic nitrogens is 1. The van der Waals surface area contributed by atoms with Crippen molar-refractivity contribution >= 4 is 28.1 Å². The summed E-state index contributed by atoms with van der Waals surface area (Å²) in [6.07, 6.45) is 0. The van der Waals surface area contributed by atoms with E-state index < -0.39 is 11.7 Å². The van der Waals surface area contributed by atoms with Crippen molar-refractivity contribution in [1.29, 1.82) is 0 Å². The van der Waals surface area contributed by atoms with E-state index in [4.69, 9.17) is 10.5 Å². The number of para-hydroxylation sites is 1. The van der Waals surface area contributed by atoms with Gasteiger partial charge in [-0.3, -0.25) is 10.1 Å². The summed E-state index contributed by atoms with van der Waals surface area (Å²) in [6, 6.07) is 11.5. The number of ether oxygens (including phenoxy) is 1. The van der Waals surface area contributed by atoms with Crippen LogP contribution in [-0.4, -0.2) is 18.0 Å². The monoisotopic (exact) mass is 343 g/mol. The molecule has 5 nitrogen and oxygen atoms in total. The average molecular weight is 343 g/mol. The van der Waals surface area contributed by atoms with Crippen molar-refractivity contribution in [2.45, 2.75) is 0 Å². The van der Waals surface area contributed by atoms with E-state index in [0.717, 1.165) is 11.3 Å². The van der Waals surface area contributed by atoms with E-state index >= 15 is 0 Å². The van der Waals surface area contributed by atoms with Crippen LogP contribution in [-0.2, 0) is 0 Å². The molecule has 0 atom stereocenters. The standard InChI is InChI=1S/C17H14FN3O2S/c1-23-11-5-2-4-10(8-11)14-9-24-17(20-14)21-16(22)12-6-3-7-13(18)15(12)19/h2-9H,19H2,1H3,(H,20,21,22). The fraction of sp³-hybridized carbons (Fsp3) is 0.0588. The number of hydrogen-bond acceptors (Lipinski definition) is 5. The van der Waals surface area contributed by atoms with Crippen molar-refractivity contribution in [2.24, 2.45) is 0 Å². The van der Waals surface area contributed by atoms with E-state index in [1.807, 2.05) is 29.6 Å². The van der Waals surface area contributed by atoms with E-state index in [0.29, 0.717) is 10.8 Å². The van der Waals surface area contributed by atoms with Gasteiger partial charge in [-0.15, -0.1) is 11.3 Å². The van der Waals surface area contributed by atoms with Crippen molar-refractivity contribution in [1.82, 2.24) is 4.98 Å². The maximum Gasteiger partial charge on any atom is 0.259 e. The zero-order valence-electron chi connectivity index (χ0n) is 12.7. The SMILES string of the molecule is COc1cccc(-c2csc(NC(=O)c3cccc(F)c3N)n2)c1. The topological polar surface area (TPSA) is 77.2 Å². The average Bonchev–Trinajstić information content (AvgIpc) is 3.06. The Bertz CT molecular complexity index is 895. The Balaban J connectivity index is 1.81. The van der Waals surface area contributed by atoms with Gasteiger partial charge in [-0.1, -0.05) is 18.2 Å². The fourth-order valence-electron chi connectivity index (χ4n) is 2.15. The Morgan fingerprint density at radius 3 is 2.88 bits per heavy atom. The number of amides is 1. The molecule has 0 saturated heterocycles. The molecule has 0 bridgehead atoms. The summed E-state index contributed by atoms with van der Waals surface area (Å²) in [5.74, 6) is -0.406. The number of hydrogen-bond donors (Lipinski definition) is 2. The van der Waals surface area contributed by atoms with E-state index in [1.165, 1.54) is 29.5 Å². The highest BCUT2D eigenvalue weighted by Crippen LogP contribution is 2.28. The van der Waals surface area contributed by atoms with Crippen LogP contribution in [0.4, 0.5) is 15.2 Å². The molecule has 3 N–H and O–H groups in total. The number of nitrogen functional groups attached to an aromatic ring is 1. The minimum Gasteiger partial charge on any atom is -0.497 e. The van der Waals surface area contributed by atoms with Gasteiger partial charge in [0, 0.05) is 10.9 Å². The van der Waals surface area contributed by atoms with Crippen molar-refractivity contribution in [2.75, 3.05) is 18.2 Å². The third-order valence-electron chi connectivity index (χ3n) is 3.39. The van der Waals surface area contributed by atoms with Gasteiger partial charge in [0.1, 0.15) is 11.6 Å². The number of carbonyl (C=O) groups excluding carboxylic acids is 1. The van der Waals surface area contributed by atoms with Crippen LogP contribution < -0.4 is 15.8 Å². The van der Waals surface area contributed by atoms with Crippen LogP contribution in [0, 0.1) is 5.82 Å². The first-order chi connectivity index (χ1) is 11.6.